The van der Waals surface area contributed by atoms with Crippen LogP contribution in [0.2, 0.25) is 0 Å². The van der Waals surface area contributed by atoms with Gasteiger partial charge in [0.25, 0.3) is 0 Å². The van der Waals surface area contributed by atoms with E-state index < -0.39 is 0 Å². The van der Waals surface area contributed by atoms with Crippen LogP contribution in [0.3, 0.4) is 0 Å². The Balaban J connectivity index is 3.51. The molecule has 0 saturated carbocycles. The molecule has 0 aromatic carbocycles. The van der Waals surface area contributed by atoms with Crippen LogP contribution in [0, 0.1) is 5.92 Å². The van der Waals surface area contributed by atoms with E-state index in [-0.39, 0.29) is 11.9 Å². The second kappa shape index (κ2) is 7.09. The van der Waals surface area contributed by atoms with Crippen molar-refractivity contribution in [2.24, 2.45) is 5.92 Å². The van der Waals surface area contributed by atoms with Gasteiger partial charge in [-0.1, -0.05) is 13.8 Å². The topological polar surface area (TPSA) is 61.4 Å². The number of nitrogens with one attached hydrogen (secondary N) is 2. The van der Waals surface area contributed by atoms with Gasteiger partial charge in [-0.25, -0.2) is 4.79 Å². The minimum atomic E-state index is -0.174. The van der Waals surface area contributed by atoms with Gasteiger partial charge in [0.15, 0.2) is 0 Å². The normalized spacial score (nSPS) is 9.93. The van der Waals surface area contributed by atoms with Crippen molar-refractivity contribution in [3.8, 4) is 0 Å². The monoisotopic (exact) mass is 215 g/mol. The van der Waals surface area contributed by atoms with E-state index in [1.54, 1.807) is 14.1 Å². The highest BCUT2D eigenvalue weighted by molar-refractivity contribution is 5.77. The van der Waals surface area contributed by atoms with Crippen molar-refractivity contribution in [2.75, 3.05) is 27.2 Å². The Morgan fingerprint density at radius 1 is 1.20 bits per heavy atom. The predicted molar refractivity (Wildman–Crippen MR) is 59.6 cm³/mol. The van der Waals surface area contributed by atoms with E-state index in [1.165, 1.54) is 4.90 Å². The Kier molecular flexibility index (Phi) is 6.49. The Hall–Kier alpha value is -1.26. The minimum Gasteiger partial charge on any atom is -0.356 e. The first-order chi connectivity index (χ1) is 6.93. The number of hydrogen-bond acceptors (Lipinski definition) is 2. The highest BCUT2D eigenvalue weighted by Gasteiger charge is 2.05. The first-order valence-electron chi connectivity index (χ1n) is 5.15. The maximum Gasteiger partial charge on any atom is 0.316 e. The Bertz CT molecular complexity index is 215. The number of nitrogens with zero attached hydrogens (tertiary/aromatic N) is 1. The highest BCUT2D eigenvalue weighted by Crippen LogP contribution is 1.88. The molecule has 0 unspecified atom stereocenters. The molecule has 0 saturated heterocycles. The van der Waals surface area contributed by atoms with Crippen LogP contribution in [0.25, 0.3) is 0 Å². The first kappa shape index (κ1) is 13.7. The van der Waals surface area contributed by atoms with E-state index in [2.05, 4.69) is 10.6 Å². The molecular formula is C10H21N3O2. The van der Waals surface area contributed by atoms with Crippen LogP contribution in [0.4, 0.5) is 4.79 Å². The maximum atomic E-state index is 11.2. The SMILES string of the molecule is CC(C)CNC(=O)CCNC(=O)N(C)C. The molecule has 0 spiro atoms. The summed E-state index contributed by atoms with van der Waals surface area (Å²) in [5, 5.41) is 5.41. The molecule has 0 aliphatic rings. The fourth-order valence-electron chi connectivity index (χ4n) is 0.847. The number of amides is 3. The van der Waals surface area contributed by atoms with Gasteiger partial charge in [-0.2, -0.15) is 0 Å². The molecule has 5 heteroatoms. The van der Waals surface area contributed by atoms with E-state index in [9.17, 15) is 9.59 Å². The second-order valence-corrected chi connectivity index (χ2v) is 4.07. The number of carbonyl (C=O) groups excluding carboxylic acids is 2. The van der Waals surface area contributed by atoms with Crippen LogP contribution >= 0.6 is 0 Å². The third-order valence-electron chi connectivity index (χ3n) is 1.74. The van der Waals surface area contributed by atoms with Gasteiger partial charge < -0.3 is 15.5 Å². The molecule has 0 bridgehead atoms. The zero-order valence-electron chi connectivity index (χ0n) is 9.96. The van der Waals surface area contributed by atoms with Crippen LogP contribution in [-0.4, -0.2) is 44.0 Å². The number of urea groups is 1. The molecule has 0 fully saturated rings. The zero-order valence-corrected chi connectivity index (χ0v) is 9.96. The molecule has 0 aliphatic heterocycles. The van der Waals surface area contributed by atoms with Crippen LogP contribution in [0.5, 0.6) is 0 Å². The van der Waals surface area contributed by atoms with Gasteiger partial charge in [0.1, 0.15) is 0 Å². The largest absolute Gasteiger partial charge is 0.356 e. The molecule has 0 aliphatic carbocycles. The summed E-state index contributed by atoms with van der Waals surface area (Å²) in [6.45, 7) is 5.13. The molecule has 2 N–H and O–H groups in total. The van der Waals surface area contributed by atoms with Crippen molar-refractivity contribution in [3.63, 3.8) is 0 Å². The smallest absolute Gasteiger partial charge is 0.316 e. The lowest BCUT2D eigenvalue weighted by Gasteiger charge is -2.12. The highest BCUT2D eigenvalue weighted by atomic mass is 16.2. The van der Waals surface area contributed by atoms with E-state index in [1.807, 2.05) is 13.8 Å². The van der Waals surface area contributed by atoms with Crippen molar-refractivity contribution < 1.29 is 9.59 Å². The predicted octanol–water partition coefficient (Wildman–Crippen LogP) is 0.420. The summed E-state index contributed by atoms with van der Waals surface area (Å²) in [5.74, 6) is 0.424. The van der Waals surface area contributed by atoms with Crippen molar-refractivity contribution >= 4 is 11.9 Å². The first-order valence-corrected chi connectivity index (χ1v) is 5.15. The molecule has 0 atom stereocenters. The Labute approximate surface area is 91.2 Å². The van der Waals surface area contributed by atoms with Gasteiger partial charge in [-0.3, -0.25) is 4.79 Å². The van der Waals surface area contributed by atoms with Gasteiger partial charge in [0, 0.05) is 33.6 Å². The second-order valence-electron chi connectivity index (χ2n) is 4.07. The van der Waals surface area contributed by atoms with E-state index >= 15 is 0 Å². The molecule has 5 nitrogen and oxygen atoms in total. The fraction of sp³-hybridized carbons (Fsp3) is 0.800. The molecular weight excluding hydrogens is 194 g/mol. The molecule has 0 aromatic heterocycles. The third-order valence-corrected chi connectivity index (χ3v) is 1.74. The number of hydrogen-bond donors (Lipinski definition) is 2. The minimum absolute atomic E-state index is 0.0252. The number of carbonyl (C=O) groups is 2. The quantitative estimate of drug-likeness (QED) is 0.698. The third kappa shape index (κ3) is 7.78. The number of rotatable bonds is 5. The van der Waals surface area contributed by atoms with Gasteiger partial charge in [0.05, 0.1) is 0 Å². The summed E-state index contributed by atoms with van der Waals surface area (Å²) in [7, 11) is 3.32. The Morgan fingerprint density at radius 2 is 1.80 bits per heavy atom. The summed E-state index contributed by atoms with van der Waals surface area (Å²) in [6.07, 6.45) is 0.326. The van der Waals surface area contributed by atoms with Crippen molar-refractivity contribution in [2.45, 2.75) is 20.3 Å². The summed E-state index contributed by atoms with van der Waals surface area (Å²) < 4.78 is 0. The van der Waals surface area contributed by atoms with Gasteiger partial charge in [0.2, 0.25) is 5.91 Å². The standard InChI is InChI=1S/C10H21N3O2/c1-8(2)7-12-9(14)5-6-11-10(15)13(3)4/h8H,5-7H2,1-4H3,(H,11,15)(H,12,14). The van der Waals surface area contributed by atoms with Gasteiger partial charge in [-0.05, 0) is 5.92 Å². The van der Waals surface area contributed by atoms with Crippen LogP contribution < -0.4 is 10.6 Å². The van der Waals surface area contributed by atoms with Gasteiger partial charge in [-0.15, -0.1) is 0 Å². The lowest BCUT2D eigenvalue weighted by Crippen LogP contribution is -2.37. The maximum absolute atomic E-state index is 11.2. The van der Waals surface area contributed by atoms with Crippen LogP contribution in [-0.2, 0) is 4.79 Å². The molecule has 3 amide bonds. The molecule has 0 heterocycles. The zero-order chi connectivity index (χ0) is 11.8. The van der Waals surface area contributed by atoms with E-state index in [4.69, 9.17) is 0 Å². The van der Waals surface area contributed by atoms with Crippen LogP contribution in [0.15, 0.2) is 0 Å². The average molecular weight is 215 g/mol. The summed E-state index contributed by atoms with van der Waals surface area (Å²) in [4.78, 5) is 23.7. The van der Waals surface area contributed by atoms with Crippen molar-refractivity contribution in [3.05, 3.63) is 0 Å². The molecule has 15 heavy (non-hydrogen) atoms. The Morgan fingerprint density at radius 3 is 2.27 bits per heavy atom. The molecule has 88 valence electrons. The average Bonchev–Trinajstić information content (AvgIpc) is 2.14. The van der Waals surface area contributed by atoms with E-state index in [0.717, 1.165) is 0 Å². The molecule has 0 aromatic rings. The molecule has 0 rings (SSSR count). The van der Waals surface area contributed by atoms with Crippen LogP contribution in [0.1, 0.15) is 20.3 Å². The summed E-state index contributed by atoms with van der Waals surface area (Å²) in [6, 6.07) is -0.174. The van der Waals surface area contributed by atoms with E-state index in [0.29, 0.717) is 25.4 Å². The van der Waals surface area contributed by atoms with Gasteiger partial charge >= 0.3 is 6.03 Å². The summed E-state index contributed by atoms with van der Waals surface area (Å²) >= 11 is 0. The lowest BCUT2D eigenvalue weighted by atomic mass is 10.2. The molecule has 0 radical (unpaired) electrons. The summed E-state index contributed by atoms with van der Waals surface area (Å²) in [5.41, 5.74) is 0. The fourth-order valence-corrected chi connectivity index (χ4v) is 0.847. The van der Waals surface area contributed by atoms with Crippen molar-refractivity contribution in [1.29, 1.82) is 0 Å². The lowest BCUT2D eigenvalue weighted by molar-refractivity contribution is -0.121. The van der Waals surface area contributed by atoms with Crippen molar-refractivity contribution in [1.82, 2.24) is 15.5 Å².